The Hall–Kier alpha value is -7.07. The molecule has 4 rings (SSSR count). The van der Waals surface area contributed by atoms with Crippen LogP contribution in [-0.4, -0.2) is 162 Å². The molecule has 1 aliphatic heterocycles. The van der Waals surface area contributed by atoms with Gasteiger partial charge in [0.1, 0.15) is 55.3 Å². The van der Waals surface area contributed by atoms with Crippen molar-refractivity contribution in [2.75, 3.05) is 19.7 Å². The normalized spacial score (nSPS) is 19.9. The number of benzene rings is 2. The van der Waals surface area contributed by atoms with Crippen LogP contribution in [0, 0.1) is 6.92 Å². The van der Waals surface area contributed by atoms with Crippen LogP contribution in [0.3, 0.4) is 0 Å². The van der Waals surface area contributed by atoms with Crippen molar-refractivity contribution in [2.45, 2.75) is 107 Å². The molecule has 1 aromatic heterocycles. The minimum atomic E-state index is -1.95. The number of aliphatic hydroxyl groups is 5. The summed E-state index contributed by atoms with van der Waals surface area (Å²) in [4.78, 5) is 110. The summed E-state index contributed by atoms with van der Waals surface area (Å²) in [5, 5.41) is 75.9. The SMILES string of the molecule is Cc1cn(CC(=O)N[C@@H](Cc2ccccc2)C(=O)N[C@@H](Cc2ccccc2)C(=O)N[C@@H](CCCN=C(N)N)C(O)NCC(=O)N[C@@H](CC(=O)O)C(=O)N[C@@H]2[C@@H](O)[C@H](O)[C@@H](CO)O[C@H]2O)c(=O)[nH]c1=O. The number of aromatic nitrogens is 2. The molecule has 0 radical (unpaired) electrons. The zero-order valence-corrected chi connectivity index (χ0v) is 37.4. The third-order valence-corrected chi connectivity index (χ3v) is 10.7. The average molecular weight is 970 g/mol. The monoisotopic (exact) mass is 969 g/mol. The standard InChI is InChI=1S/C43H59N11O15/c1-22-19-54(43(68)53-36(22)62)20-31(57)49-26(15-23-9-4-2-5-10-23)38(64)51-27(16-24-11-6-3-7-12-24)39(65)50-25(13-8-14-46-42(44)45)37(63)47-18-30(56)48-28(17-32(58)59)40(66)52-33-35(61)34(60)29(21-55)69-41(33)67/h2-7,9-12,19,25-29,33-35,37,41,47,55,60-61,63,67H,8,13-18,20-21H2,1H3,(H,48,56)(H,49,57)(H,50,65)(H,51,64)(H,52,66)(H,58,59)(H4,44,45,46)(H,53,62,68)/t25-,26-,27-,28-,29+,33+,34+,35+,37?,41+/m0/s1. The number of nitrogens with one attached hydrogen (secondary N) is 7. The molecule has 0 bridgehead atoms. The number of hydrogen-bond donors (Lipinski definition) is 15. The van der Waals surface area contributed by atoms with Crippen LogP contribution < -0.4 is 54.6 Å². The number of aryl methyl sites for hydroxylation is 1. The molecule has 5 amide bonds. The fraction of sp³-hybridized carbons (Fsp3) is 0.465. The lowest BCUT2D eigenvalue weighted by Gasteiger charge is -2.40. The van der Waals surface area contributed by atoms with E-state index in [0.717, 1.165) is 4.57 Å². The van der Waals surface area contributed by atoms with Gasteiger partial charge in [-0.15, -0.1) is 0 Å². The zero-order valence-electron chi connectivity index (χ0n) is 37.4. The van der Waals surface area contributed by atoms with E-state index in [9.17, 15) is 69.0 Å². The molecular weight excluding hydrogens is 911 g/mol. The number of ether oxygens (including phenoxy) is 1. The summed E-state index contributed by atoms with van der Waals surface area (Å²) in [6.07, 6.45) is -8.56. The molecule has 69 heavy (non-hydrogen) atoms. The van der Waals surface area contributed by atoms with Gasteiger partial charge in [0.2, 0.25) is 29.5 Å². The van der Waals surface area contributed by atoms with Crippen LogP contribution in [0.5, 0.6) is 0 Å². The number of amides is 5. The number of aromatic amines is 1. The first-order chi connectivity index (χ1) is 32.8. The van der Waals surface area contributed by atoms with Crippen LogP contribution in [0.4, 0.5) is 0 Å². The van der Waals surface area contributed by atoms with Gasteiger partial charge >= 0.3 is 11.7 Å². The number of carbonyl (C=O) groups is 6. The number of nitrogens with zero attached hydrogens (tertiary/aromatic N) is 2. The molecule has 376 valence electrons. The summed E-state index contributed by atoms with van der Waals surface area (Å²) in [5.74, 6) is -6.44. The summed E-state index contributed by atoms with van der Waals surface area (Å²) in [6.45, 7) is -0.656. The van der Waals surface area contributed by atoms with E-state index in [1.165, 1.54) is 13.1 Å². The van der Waals surface area contributed by atoms with Crippen molar-refractivity contribution in [2.24, 2.45) is 16.5 Å². The Balaban J connectivity index is 1.52. The van der Waals surface area contributed by atoms with Gasteiger partial charge < -0.3 is 73.4 Å². The maximum atomic E-state index is 14.3. The minimum Gasteiger partial charge on any atom is -0.481 e. The minimum absolute atomic E-state index is 0.0385. The third kappa shape index (κ3) is 17.2. The van der Waals surface area contributed by atoms with Gasteiger partial charge in [0, 0.05) is 31.1 Å². The van der Waals surface area contributed by atoms with E-state index < -0.39 is 134 Å². The van der Waals surface area contributed by atoms with Gasteiger partial charge in [-0.25, -0.2) is 4.79 Å². The van der Waals surface area contributed by atoms with Gasteiger partial charge in [0.05, 0.1) is 25.6 Å². The van der Waals surface area contributed by atoms with E-state index in [1.807, 2.05) is 0 Å². The number of hydrogen-bond acceptors (Lipinski definition) is 16. The summed E-state index contributed by atoms with van der Waals surface area (Å²) in [7, 11) is 0. The second kappa shape index (κ2) is 26.5. The Morgan fingerprint density at radius 3 is 1.97 bits per heavy atom. The number of nitrogens with two attached hydrogens (primary N) is 2. The zero-order chi connectivity index (χ0) is 50.8. The van der Waals surface area contributed by atoms with Crippen molar-refractivity contribution >= 4 is 41.5 Å². The van der Waals surface area contributed by atoms with Crippen LogP contribution in [0.1, 0.15) is 36.0 Å². The predicted molar refractivity (Wildman–Crippen MR) is 242 cm³/mol. The molecule has 1 aliphatic rings. The molecule has 26 nitrogen and oxygen atoms in total. The van der Waals surface area contributed by atoms with Gasteiger partial charge in [0.25, 0.3) is 5.56 Å². The lowest BCUT2D eigenvalue weighted by molar-refractivity contribution is -0.254. The number of rotatable bonds is 25. The maximum absolute atomic E-state index is 14.3. The Morgan fingerprint density at radius 1 is 0.812 bits per heavy atom. The topological polar surface area (TPSA) is 424 Å². The van der Waals surface area contributed by atoms with E-state index in [0.29, 0.717) is 11.1 Å². The predicted octanol–water partition coefficient (Wildman–Crippen LogP) is -6.38. The van der Waals surface area contributed by atoms with Gasteiger partial charge in [-0.3, -0.25) is 53.4 Å². The molecule has 1 saturated heterocycles. The quantitative estimate of drug-likeness (QED) is 0.0162. The molecule has 0 saturated carbocycles. The van der Waals surface area contributed by atoms with Crippen molar-refractivity contribution < 1.29 is 64.1 Å². The van der Waals surface area contributed by atoms with Crippen molar-refractivity contribution in [1.82, 2.24) is 41.5 Å². The lowest BCUT2D eigenvalue weighted by Crippen LogP contribution is -2.66. The fourth-order valence-corrected chi connectivity index (χ4v) is 7.12. The largest absolute Gasteiger partial charge is 0.481 e. The lowest BCUT2D eigenvalue weighted by atomic mass is 9.96. The summed E-state index contributed by atoms with van der Waals surface area (Å²) in [5.41, 5.74) is 10.8. The van der Waals surface area contributed by atoms with E-state index in [1.54, 1.807) is 60.7 Å². The van der Waals surface area contributed by atoms with Gasteiger partial charge in [-0.1, -0.05) is 60.7 Å². The third-order valence-electron chi connectivity index (χ3n) is 10.7. The van der Waals surface area contributed by atoms with E-state index in [2.05, 4.69) is 41.9 Å². The molecule has 0 spiro atoms. The summed E-state index contributed by atoms with van der Waals surface area (Å²) in [6, 6.07) is 9.69. The Kier molecular flexibility index (Phi) is 20.9. The van der Waals surface area contributed by atoms with Crippen LogP contribution in [-0.2, 0) is 52.9 Å². The Bertz CT molecular complexity index is 2370. The number of aliphatic hydroxyl groups excluding tert-OH is 5. The number of carboxylic acid groups (broad SMARTS) is 1. The number of guanidine groups is 1. The molecule has 0 aliphatic carbocycles. The number of aliphatic carboxylic acids is 1. The van der Waals surface area contributed by atoms with Crippen molar-refractivity contribution in [3.05, 3.63) is 104 Å². The number of carbonyl (C=O) groups excluding carboxylic acids is 5. The highest BCUT2D eigenvalue weighted by Crippen LogP contribution is 2.20. The molecular formula is C43H59N11O15. The van der Waals surface area contributed by atoms with E-state index in [-0.39, 0.29) is 43.8 Å². The average Bonchev–Trinajstić information content (AvgIpc) is 3.30. The molecule has 1 fully saturated rings. The number of aliphatic imine (C=N–C) groups is 1. The first-order valence-electron chi connectivity index (χ1n) is 21.6. The van der Waals surface area contributed by atoms with Crippen molar-refractivity contribution in [3.63, 3.8) is 0 Å². The molecule has 1 unspecified atom stereocenters. The fourth-order valence-electron chi connectivity index (χ4n) is 7.12. The highest BCUT2D eigenvalue weighted by atomic mass is 16.6. The number of H-pyrrole nitrogens is 1. The Labute approximate surface area is 393 Å². The van der Waals surface area contributed by atoms with Gasteiger partial charge in [-0.05, 0) is 30.9 Å². The van der Waals surface area contributed by atoms with Crippen LogP contribution in [0.2, 0.25) is 0 Å². The van der Waals surface area contributed by atoms with E-state index >= 15 is 0 Å². The molecule has 26 heteroatoms. The van der Waals surface area contributed by atoms with Crippen molar-refractivity contribution in [3.8, 4) is 0 Å². The first-order valence-corrected chi connectivity index (χ1v) is 21.6. The highest BCUT2D eigenvalue weighted by molar-refractivity contribution is 5.93. The van der Waals surface area contributed by atoms with Crippen LogP contribution in [0.15, 0.2) is 81.4 Å². The molecule has 3 aromatic rings. The molecule has 2 aromatic carbocycles. The summed E-state index contributed by atoms with van der Waals surface area (Å²) < 4.78 is 5.97. The maximum Gasteiger partial charge on any atom is 0.328 e. The van der Waals surface area contributed by atoms with Gasteiger partial charge in [0.15, 0.2) is 12.2 Å². The summed E-state index contributed by atoms with van der Waals surface area (Å²) >= 11 is 0. The molecule has 17 N–H and O–H groups in total. The smallest absolute Gasteiger partial charge is 0.328 e. The number of carboxylic acids is 1. The molecule has 2 heterocycles. The van der Waals surface area contributed by atoms with Crippen LogP contribution in [0.25, 0.3) is 0 Å². The second-order valence-corrected chi connectivity index (χ2v) is 16.1. The van der Waals surface area contributed by atoms with Crippen LogP contribution >= 0.6 is 0 Å². The Morgan fingerprint density at radius 2 is 1.39 bits per heavy atom. The van der Waals surface area contributed by atoms with E-state index in [4.69, 9.17) is 16.2 Å². The first kappa shape index (κ1) is 54.5. The highest BCUT2D eigenvalue weighted by Gasteiger charge is 2.45. The van der Waals surface area contributed by atoms with Crippen molar-refractivity contribution in [1.29, 1.82) is 0 Å². The molecule has 10 atom stereocenters. The second-order valence-electron chi connectivity index (χ2n) is 16.1. The van der Waals surface area contributed by atoms with Gasteiger partial charge in [-0.2, -0.15) is 0 Å².